The zero-order valence-corrected chi connectivity index (χ0v) is 15.4. The predicted molar refractivity (Wildman–Crippen MR) is 96.2 cm³/mol. The Labute approximate surface area is 145 Å². The second kappa shape index (κ2) is 6.75. The highest BCUT2D eigenvalue weighted by Gasteiger charge is 2.29. The second-order valence-electron chi connectivity index (χ2n) is 8.20. The van der Waals surface area contributed by atoms with E-state index >= 15 is 0 Å². The highest BCUT2D eigenvalue weighted by molar-refractivity contribution is 5.68. The minimum absolute atomic E-state index is 0.178. The van der Waals surface area contributed by atoms with Gasteiger partial charge in [0.25, 0.3) is 0 Å². The van der Waals surface area contributed by atoms with Gasteiger partial charge in [0, 0.05) is 25.2 Å². The molecule has 1 aliphatic heterocycles. The molecule has 0 spiro atoms. The number of ether oxygens (including phenoxy) is 1. The predicted octanol–water partition coefficient (Wildman–Crippen LogP) is 3.97. The van der Waals surface area contributed by atoms with Gasteiger partial charge in [0.1, 0.15) is 5.60 Å². The Hall–Kier alpha value is -1.55. The standard InChI is InChI=1S/C20H30N2O2/c1-14-5-6-15-7-8-18(17(15)13-14)21-16-9-11-22(12-10-16)19(23)24-20(2,3)4/h5-6,13,16,18,21H,7-12H2,1-4H3. The SMILES string of the molecule is Cc1ccc2c(c1)C(NC1CCN(C(=O)OC(C)(C)C)CC1)CC2. The van der Waals surface area contributed by atoms with Crippen molar-refractivity contribution in [1.29, 1.82) is 0 Å². The summed E-state index contributed by atoms with van der Waals surface area (Å²) in [4.78, 5) is 14.0. The zero-order valence-electron chi connectivity index (χ0n) is 15.4. The molecule has 4 heteroatoms. The van der Waals surface area contributed by atoms with E-state index in [4.69, 9.17) is 4.74 Å². The Morgan fingerprint density at radius 1 is 1.21 bits per heavy atom. The summed E-state index contributed by atoms with van der Waals surface area (Å²) < 4.78 is 5.47. The Bertz CT molecular complexity index is 598. The lowest BCUT2D eigenvalue weighted by Gasteiger charge is -2.35. The van der Waals surface area contributed by atoms with E-state index in [-0.39, 0.29) is 6.09 Å². The molecule has 1 aromatic carbocycles. The number of nitrogens with zero attached hydrogens (tertiary/aromatic N) is 1. The van der Waals surface area contributed by atoms with Gasteiger partial charge in [-0.15, -0.1) is 0 Å². The lowest BCUT2D eigenvalue weighted by Crippen LogP contribution is -2.47. The smallest absolute Gasteiger partial charge is 0.410 e. The fourth-order valence-electron chi connectivity index (χ4n) is 3.73. The summed E-state index contributed by atoms with van der Waals surface area (Å²) in [6.45, 7) is 9.46. The van der Waals surface area contributed by atoms with Gasteiger partial charge in [-0.2, -0.15) is 0 Å². The Morgan fingerprint density at radius 3 is 2.58 bits per heavy atom. The molecule has 1 amide bonds. The molecule has 0 saturated carbocycles. The van der Waals surface area contributed by atoms with Crippen molar-refractivity contribution >= 4 is 6.09 Å². The number of benzene rings is 1. The molecule has 1 heterocycles. The lowest BCUT2D eigenvalue weighted by molar-refractivity contribution is 0.0195. The average molecular weight is 330 g/mol. The van der Waals surface area contributed by atoms with Crippen molar-refractivity contribution in [2.75, 3.05) is 13.1 Å². The maximum atomic E-state index is 12.1. The summed E-state index contributed by atoms with van der Waals surface area (Å²) in [7, 11) is 0. The molecule has 0 bridgehead atoms. The van der Waals surface area contributed by atoms with Crippen LogP contribution in [-0.4, -0.2) is 35.7 Å². The number of likely N-dealkylation sites (tertiary alicyclic amines) is 1. The van der Waals surface area contributed by atoms with Crippen LogP contribution in [0.4, 0.5) is 4.79 Å². The molecule has 1 aliphatic carbocycles. The van der Waals surface area contributed by atoms with Gasteiger partial charge in [0.2, 0.25) is 0 Å². The van der Waals surface area contributed by atoms with Gasteiger partial charge in [-0.3, -0.25) is 0 Å². The van der Waals surface area contributed by atoms with Crippen molar-refractivity contribution in [3.05, 3.63) is 34.9 Å². The summed E-state index contributed by atoms with van der Waals surface area (Å²) in [5.41, 5.74) is 3.88. The number of rotatable bonds is 2. The first-order valence-electron chi connectivity index (χ1n) is 9.15. The number of aryl methyl sites for hydroxylation is 2. The van der Waals surface area contributed by atoms with Gasteiger partial charge >= 0.3 is 6.09 Å². The molecule has 4 nitrogen and oxygen atoms in total. The summed E-state index contributed by atoms with van der Waals surface area (Å²) in [5.74, 6) is 0. The Kier molecular flexibility index (Phi) is 4.86. The van der Waals surface area contributed by atoms with E-state index in [1.807, 2.05) is 25.7 Å². The molecular formula is C20H30N2O2. The molecule has 24 heavy (non-hydrogen) atoms. The maximum absolute atomic E-state index is 12.1. The third-order valence-corrected chi connectivity index (χ3v) is 4.96. The number of fused-ring (bicyclic) bond motifs is 1. The molecule has 0 radical (unpaired) electrons. The molecule has 132 valence electrons. The van der Waals surface area contributed by atoms with Crippen molar-refractivity contribution < 1.29 is 9.53 Å². The first kappa shape index (κ1) is 17.3. The van der Waals surface area contributed by atoms with Crippen LogP contribution in [0.1, 0.15) is 62.8 Å². The van der Waals surface area contributed by atoms with Crippen LogP contribution in [0.2, 0.25) is 0 Å². The van der Waals surface area contributed by atoms with Gasteiger partial charge < -0.3 is 15.0 Å². The van der Waals surface area contributed by atoms with Crippen LogP contribution in [0.15, 0.2) is 18.2 Å². The van der Waals surface area contributed by atoms with E-state index in [0.29, 0.717) is 12.1 Å². The number of carbonyl (C=O) groups is 1. The molecule has 1 aromatic rings. The summed E-state index contributed by atoms with van der Waals surface area (Å²) in [6.07, 6.45) is 4.17. The third kappa shape index (κ3) is 4.10. The van der Waals surface area contributed by atoms with E-state index in [1.165, 1.54) is 29.5 Å². The highest BCUT2D eigenvalue weighted by atomic mass is 16.6. The fraction of sp³-hybridized carbons (Fsp3) is 0.650. The van der Waals surface area contributed by atoms with Crippen LogP contribution in [0.25, 0.3) is 0 Å². The minimum atomic E-state index is -0.419. The second-order valence-corrected chi connectivity index (χ2v) is 8.20. The van der Waals surface area contributed by atoms with Crippen LogP contribution in [0, 0.1) is 6.92 Å². The van der Waals surface area contributed by atoms with E-state index < -0.39 is 5.60 Å². The Balaban J connectivity index is 1.52. The van der Waals surface area contributed by atoms with Crippen LogP contribution in [0.3, 0.4) is 0 Å². The number of amides is 1. The topological polar surface area (TPSA) is 41.6 Å². The minimum Gasteiger partial charge on any atom is -0.444 e. The summed E-state index contributed by atoms with van der Waals surface area (Å²) in [6, 6.07) is 7.77. The monoisotopic (exact) mass is 330 g/mol. The number of hydrogen-bond donors (Lipinski definition) is 1. The van der Waals surface area contributed by atoms with Crippen LogP contribution in [-0.2, 0) is 11.2 Å². The van der Waals surface area contributed by atoms with Crippen molar-refractivity contribution in [2.45, 2.75) is 71.1 Å². The molecule has 2 aliphatic rings. The van der Waals surface area contributed by atoms with Gasteiger partial charge in [-0.25, -0.2) is 4.79 Å². The van der Waals surface area contributed by atoms with Crippen molar-refractivity contribution in [3.8, 4) is 0 Å². The van der Waals surface area contributed by atoms with Crippen molar-refractivity contribution in [3.63, 3.8) is 0 Å². The quantitative estimate of drug-likeness (QED) is 0.892. The van der Waals surface area contributed by atoms with Gasteiger partial charge in [0.05, 0.1) is 0 Å². The molecule has 1 fully saturated rings. The highest BCUT2D eigenvalue weighted by Crippen LogP contribution is 2.33. The Morgan fingerprint density at radius 2 is 1.92 bits per heavy atom. The molecule has 1 saturated heterocycles. The van der Waals surface area contributed by atoms with Gasteiger partial charge in [0.15, 0.2) is 0 Å². The molecular weight excluding hydrogens is 300 g/mol. The molecule has 3 rings (SSSR count). The molecule has 0 aromatic heterocycles. The van der Waals surface area contributed by atoms with Gasteiger partial charge in [-0.05, 0) is 64.5 Å². The number of hydrogen-bond acceptors (Lipinski definition) is 3. The number of nitrogens with one attached hydrogen (secondary N) is 1. The maximum Gasteiger partial charge on any atom is 0.410 e. The molecule has 1 atom stereocenters. The zero-order chi connectivity index (χ0) is 17.3. The van der Waals surface area contributed by atoms with E-state index in [1.54, 1.807) is 0 Å². The largest absolute Gasteiger partial charge is 0.444 e. The number of carbonyl (C=O) groups excluding carboxylic acids is 1. The van der Waals surface area contributed by atoms with Crippen LogP contribution in [0.5, 0.6) is 0 Å². The first-order chi connectivity index (χ1) is 11.3. The average Bonchev–Trinajstić information content (AvgIpc) is 2.88. The van der Waals surface area contributed by atoms with Crippen LogP contribution < -0.4 is 5.32 Å². The first-order valence-corrected chi connectivity index (χ1v) is 9.15. The third-order valence-electron chi connectivity index (χ3n) is 4.96. The molecule has 1 unspecified atom stereocenters. The van der Waals surface area contributed by atoms with Crippen molar-refractivity contribution in [1.82, 2.24) is 10.2 Å². The summed E-state index contributed by atoms with van der Waals surface area (Å²) >= 11 is 0. The van der Waals surface area contributed by atoms with Crippen LogP contribution >= 0.6 is 0 Å². The number of piperidine rings is 1. The summed E-state index contributed by atoms with van der Waals surface area (Å²) in [5, 5.41) is 3.83. The van der Waals surface area contributed by atoms with E-state index in [2.05, 4.69) is 30.4 Å². The molecule has 1 N–H and O–H groups in total. The fourth-order valence-corrected chi connectivity index (χ4v) is 3.73. The van der Waals surface area contributed by atoms with Crippen molar-refractivity contribution in [2.24, 2.45) is 0 Å². The normalized spacial score (nSPS) is 21.7. The van der Waals surface area contributed by atoms with Gasteiger partial charge in [-0.1, -0.05) is 23.8 Å². The lowest BCUT2D eigenvalue weighted by atomic mass is 10.0. The van der Waals surface area contributed by atoms with E-state index in [9.17, 15) is 4.79 Å². The van der Waals surface area contributed by atoms with E-state index in [0.717, 1.165) is 25.9 Å².